The molecule has 6 heteroatoms. The summed E-state index contributed by atoms with van der Waals surface area (Å²) in [5.41, 5.74) is 2.76. The van der Waals surface area contributed by atoms with Gasteiger partial charge in [-0.25, -0.2) is 4.39 Å². The first kappa shape index (κ1) is 25.8. The van der Waals surface area contributed by atoms with Gasteiger partial charge in [0.2, 0.25) is 0 Å². The molecule has 0 saturated carbocycles. The maximum Gasteiger partial charge on any atom is 0.261 e. The molecular weight excluding hydrogens is 477 g/mol. The van der Waals surface area contributed by atoms with Crippen LogP contribution in [0, 0.1) is 0 Å². The topological polar surface area (TPSA) is 49.9 Å². The number of aromatic amines is 1. The monoisotopic (exact) mass is 515 g/mol. The van der Waals surface area contributed by atoms with Crippen LogP contribution in [0.1, 0.15) is 51.4 Å². The molecule has 3 aromatic carbocycles. The maximum atomic E-state index is 16.5. The number of nitrogens with one attached hydrogen (secondary N) is 2. The van der Waals surface area contributed by atoms with Gasteiger partial charge < -0.3 is 9.74 Å². The fourth-order valence-corrected chi connectivity index (χ4v) is 10.6. The molecule has 2 N–H and O–H groups in total. The zero-order chi connectivity index (χ0) is 26.3. The summed E-state index contributed by atoms with van der Waals surface area (Å²) in [6, 6.07) is 25.4. The van der Waals surface area contributed by atoms with Crippen molar-refractivity contribution in [2.24, 2.45) is 0 Å². The van der Waals surface area contributed by atoms with Crippen LogP contribution in [0.4, 0.5) is 4.39 Å². The van der Waals surface area contributed by atoms with Gasteiger partial charge in [0.05, 0.1) is 12.1 Å². The summed E-state index contributed by atoms with van der Waals surface area (Å²) in [6.07, 6.45) is 1.14. The molecule has 0 saturated heterocycles. The lowest BCUT2D eigenvalue weighted by molar-refractivity contribution is 0.0959. The van der Waals surface area contributed by atoms with Gasteiger partial charge in [-0.15, -0.1) is 0 Å². The fourth-order valence-electron chi connectivity index (χ4n) is 5.92. The normalized spacial score (nSPS) is 17.9. The van der Waals surface area contributed by atoms with Crippen molar-refractivity contribution < 1.29 is 8.82 Å². The van der Waals surface area contributed by atoms with Crippen LogP contribution in [-0.4, -0.2) is 36.8 Å². The van der Waals surface area contributed by atoms with Crippen LogP contribution in [0.25, 0.3) is 10.9 Å². The summed E-state index contributed by atoms with van der Waals surface area (Å²) in [5, 5.41) is 14.4. The Hall–Kier alpha value is -2.80. The van der Waals surface area contributed by atoms with Gasteiger partial charge in [0.1, 0.15) is 5.67 Å². The summed E-state index contributed by atoms with van der Waals surface area (Å²) in [4.78, 5) is 0. The first-order valence-corrected chi connectivity index (χ1v) is 15.2. The maximum absolute atomic E-state index is 16.5. The lowest BCUT2D eigenvalue weighted by Crippen LogP contribution is -2.67. The first-order chi connectivity index (χ1) is 17.6. The number of fused-ring (bicyclic) bond motifs is 3. The van der Waals surface area contributed by atoms with Crippen LogP contribution >= 0.6 is 0 Å². The van der Waals surface area contributed by atoms with Crippen molar-refractivity contribution in [3.05, 3.63) is 89.6 Å². The SMILES string of the molecule is CC1Cc2c(ccc3n[nH]c(CC(C)(F)CO[Si](c4ccccc4)(c4ccccc4)C(C)(C)C)c23)CN1. The van der Waals surface area contributed by atoms with Gasteiger partial charge in [-0.1, -0.05) is 87.5 Å². The van der Waals surface area contributed by atoms with E-state index in [1.54, 1.807) is 6.92 Å². The largest absolute Gasteiger partial charge is 0.404 e. The Bertz CT molecular complexity index is 1320. The summed E-state index contributed by atoms with van der Waals surface area (Å²) in [6.45, 7) is 11.4. The Balaban J connectivity index is 1.50. The molecule has 2 unspecified atom stereocenters. The summed E-state index contributed by atoms with van der Waals surface area (Å²) in [7, 11) is -2.82. The van der Waals surface area contributed by atoms with Gasteiger partial charge in [0, 0.05) is 30.1 Å². The number of nitrogens with zero attached hydrogens (tertiary/aromatic N) is 1. The molecule has 0 spiro atoms. The molecule has 1 aromatic heterocycles. The molecule has 0 amide bonds. The second kappa shape index (κ2) is 9.82. The molecule has 37 heavy (non-hydrogen) atoms. The van der Waals surface area contributed by atoms with Gasteiger partial charge >= 0.3 is 0 Å². The highest BCUT2D eigenvalue weighted by Gasteiger charge is 2.51. The van der Waals surface area contributed by atoms with Crippen molar-refractivity contribution in [1.29, 1.82) is 0 Å². The molecule has 1 aliphatic rings. The minimum Gasteiger partial charge on any atom is -0.404 e. The number of aromatic nitrogens is 2. The average molecular weight is 516 g/mol. The van der Waals surface area contributed by atoms with Crippen molar-refractivity contribution in [2.45, 2.75) is 70.8 Å². The van der Waals surface area contributed by atoms with Gasteiger partial charge in [-0.2, -0.15) is 5.10 Å². The summed E-state index contributed by atoms with van der Waals surface area (Å²) < 4.78 is 23.4. The number of hydrogen-bond acceptors (Lipinski definition) is 3. The zero-order valence-corrected chi connectivity index (χ0v) is 23.6. The van der Waals surface area contributed by atoms with E-state index in [1.165, 1.54) is 11.1 Å². The van der Waals surface area contributed by atoms with Crippen LogP contribution in [0.5, 0.6) is 0 Å². The van der Waals surface area contributed by atoms with Crippen molar-refractivity contribution in [2.75, 3.05) is 6.61 Å². The van der Waals surface area contributed by atoms with Crippen molar-refractivity contribution in [1.82, 2.24) is 15.5 Å². The highest BCUT2D eigenvalue weighted by Crippen LogP contribution is 2.38. The smallest absolute Gasteiger partial charge is 0.261 e. The molecule has 0 bridgehead atoms. The lowest BCUT2D eigenvalue weighted by atomic mass is 9.90. The molecule has 1 aliphatic heterocycles. The average Bonchev–Trinajstić information content (AvgIpc) is 3.27. The van der Waals surface area contributed by atoms with E-state index in [1.807, 2.05) is 18.2 Å². The molecule has 5 rings (SSSR count). The van der Waals surface area contributed by atoms with Crippen LogP contribution in [-0.2, 0) is 23.8 Å². The molecule has 0 fully saturated rings. The summed E-state index contributed by atoms with van der Waals surface area (Å²) >= 11 is 0. The van der Waals surface area contributed by atoms with E-state index in [9.17, 15) is 0 Å². The minimum atomic E-state index is -2.82. The molecule has 2 atom stereocenters. The Morgan fingerprint density at radius 3 is 2.16 bits per heavy atom. The van der Waals surface area contributed by atoms with Gasteiger partial charge in [-0.3, -0.25) is 5.10 Å². The van der Waals surface area contributed by atoms with E-state index in [0.29, 0.717) is 6.04 Å². The van der Waals surface area contributed by atoms with E-state index >= 15 is 4.39 Å². The standard InChI is InChI=1S/C31H38FN3OSi/c1-22-18-26-23(20-33-22)16-17-27-29(26)28(35-34-27)19-31(5,32)21-36-37(30(2,3)4,24-12-8-6-9-13-24)25-14-10-7-11-15-25/h6-17,22,33H,18-21H2,1-5H3,(H,34,35). The van der Waals surface area contributed by atoms with Crippen LogP contribution in [0.2, 0.25) is 5.04 Å². The van der Waals surface area contributed by atoms with E-state index in [0.717, 1.165) is 39.9 Å². The van der Waals surface area contributed by atoms with Crippen molar-refractivity contribution >= 4 is 29.6 Å². The van der Waals surface area contributed by atoms with Gasteiger partial charge in [-0.05, 0) is 52.9 Å². The van der Waals surface area contributed by atoms with Crippen LogP contribution in [0.15, 0.2) is 72.8 Å². The third-order valence-electron chi connectivity index (χ3n) is 7.70. The fraction of sp³-hybridized carbons (Fsp3) is 0.387. The van der Waals surface area contributed by atoms with E-state index < -0.39 is 14.0 Å². The third kappa shape index (κ3) is 4.90. The Labute approximate surface area is 220 Å². The highest BCUT2D eigenvalue weighted by molar-refractivity contribution is 6.99. The molecule has 2 heterocycles. The van der Waals surface area contributed by atoms with Gasteiger partial charge in [0.15, 0.2) is 0 Å². The second-order valence-electron chi connectivity index (χ2n) is 11.8. The minimum absolute atomic E-state index is 0.00771. The molecular formula is C31H38FN3OSi. The van der Waals surface area contributed by atoms with Gasteiger partial charge in [0.25, 0.3) is 8.32 Å². The predicted octanol–water partition coefficient (Wildman–Crippen LogP) is 5.44. The lowest BCUT2D eigenvalue weighted by Gasteiger charge is -2.44. The predicted molar refractivity (Wildman–Crippen MR) is 153 cm³/mol. The number of halogens is 1. The third-order valence-corrected chi connectivity index (χ3v) is 12.7. The quantitative estimate of drug-likeness (QED) is 0.322. The van der Waals surface area contributed by atoms with Crippen LogP contribution in [0.3, 0.4) is 0 Å². The number of H-pyrrole nitrogens is 1. The van der Waals surface area contributed by atoms with Crippen molar-refractivity contribution in [3.8, 4) is 0 Å². The number of rotatable bonds is 7. The van der Waals surface area contributed by atoms with Crippen molar-refractivity contribution in [3.63, 3.8) is 0 Å². The Morgan fingerprint density at radius 2 is 1.57 bits per heavy atom. The van der Waals surface area contributed by atoms with E-state index in [4.69, 9.17) is 4.43 Å². The molecule has 194 valence electrons. The van der Waals surface area contributed by atoms with Crippen LogP contribution < -0.4 is 15.7 Å². The highest BCUT2D eigenvalue weighted by atomic mass is 28.4. The molecule has 0 aliphatic carbocycles. The second-order valence-corrected chi connectivity index (χ2v) is 16.1. The first-order valence-electron chi connectivity index (χ1n) is 13.3. The number of alkyl halides is 1. The zero-order valence-electron chi connectivity index (χ0n) is 22.6. The summed E-state index contributed by atoms with van der Waals surface area (Å²) in [5.74, 6) is 0. The molecule has 4 aromatic rings. The van der Waals surface area contributed by atoms with E-state index in [2.05, 4.69) is 97.8 Å². The Kier molecular flexibility index (Phi) is 6.86. The molecule has 0 radical (unpaired) electrons. The molecule has 4 nitrogen and oxygen atoms in total. The Morgan fingerprint density at radius 1 is 0.946 bits per heavy atom. The van der Waals surface area contributed by atoms with E-state index in [-0.39, 0.29) is 18.1 Å². The number of hydrogen-bond donors (Lipinski definition) is 2. The number of benzene rings is 3.